The van der Waals surface area contributed by atoms with Gasteiger partial charge in [0.25, 0.3) is 0 Å². The van der Waals surface area contributed by atoms with Gasteiger partial charge in [0, 0.05) is 12.3 Å². The normalized spacial score (nSPS) is 53.1. The lowest BCUT2D eigenvalue weighted by atomic mass is 9.56. The van der Waals surface area contributed by atoms with Gasteiger partial charge in [0.05, 0.1) is 0 Å². The summed E-state index contributed by atoms with van der Waals surface area (Å²) in [4.78, 5) is 12.1. The molecule has 0 aliphatic heterocycles. The monoisotopic (exact) mass is 218 g/mol. The van der Waals surface area contributed by atoms with E-state index in [1.807, 2.05) is 0 Å². The summed E-state index contributed by atoms with van der Waals surface area (Å²) in [7, 11) is 0. The third-order valence-electron chi connectivity index (χ3n) is 5.99. The number of hydrogen-bond donors (Lipinski definition) is 0. The molecule has 0 heterocycles. The molecule has 5 atom stereocenters. The minimum absolute atomic E-state index is 0.208. The van der Waals surface area contributed by atoms with E-state index in [2.05, 4.69) is 39.8 Å². The Labute approximate surface area is 98.3 Å². The average Bonchev–Trinajstić information content (AvgIpc) is 2.78. The minimum atomic E-state index is 0.208. The van der Waals surface area contributed by atoms with Crippen LogP contribution in [0.2, 0.25) is 0 Å². The van der Waals surface area contributed by atoms with Gasteiger partial charge in [0.2, 0.25) is 0 Å². The Hall–Kier alpha value is -0.590. The Morgan fingerprint density at radius 2 is 1.94 bits per heavy atom. The molecule has 0 amide bonds. The van der Waals surface area contributed by atoms with Crippen molar-refractivity contribution in [3.05, 3.63) is 12.2 Å². The number of carbonyl (C=O) groups is 1. The number of fused-ring (bicyclic) bond motifs is 3. The van der Waals surface area contributed by atoms with Crippen LogP contribution in [0.3, 0.4) is 0 Å². The maximum absolute atomic E-state index is 12.1. The van der Waals surface area contributed by atoms with Crippen LogP contribution >= 0.6 is 0 Å². The van der Waals surface area contributed by atoms with Crippen molar-refractivity contribution in [2.45, 2.75) is 40.5 Å². The van der Waals surface area contributed by atoms with Gasteiger partial charge >= 0.3 is 0 Å². The molecule has 0 radical (unpaired) electrons. The van der Waals surface area contributed by atoms with Crippen molar-refractivity contribution in [1.82, 2.24) is 0 Å². The molecular weight excluding hydrogens is 196 g/mol. The second-order valence-corrected chi connectivity index (χ2v) is 6.96. The van der Waals surface area contributed by atoms with E-state index < -0.39 is 0 Å². The number of hydrogen-bond acceptors (Lipinski definition) is 1. The van der Waals surface area contributed by atoms with Crippen LogP contribution in [0.5, 0.6) is 0 Å². The zero-order valence-corrected chi connectivity index (χ0v) is 10.8. The van der Waals surface area contributed by atoms with Crippen LogP contribution in [0, 0.1) is 34.5 Å². The van der Waals surface area contributed by atoms with Gasteiger partial charge in [-0.2, -0.15) is 0 Å². The topological polar surface area (TPSA) is 17.1 Å². The summed E-state index contributed by atoms with van der Waals surface area (Å²) in [6.07, 6.45) is 6.45. The quantitative estimate of drug-likeness (QED) is 0.569. The summed E-state index contributed by atoms with van der Waals surface area (Å²) < 4.78 is 0. The van der Waals surface area contributed by atoms with Crippen LogP contribution in [-0.4, -0.2) is 5.78 Å². The predicted octanol–water partition coefficient (Wildman–Crippen LogP) is 3.45. The fourth-order valence-electron chi connectivity index (χ4n) is 4.75. The van der Waals surface area contributed by atoms with Crippen molar-refractivity contribution in [3.8, 4) is 0 Å². The molecule has 0 aromatic heterocycles. The van der Waals surface area contributed by atoms with Crippen LogP contribution in [0.1, 0.15) is 40.5 Å². The maximum Gasteiger partial charge on any atom is 0.140 e. The Balaban J connectivity index is 2.06. The highest BCUT2D eigenvalue weighted by Crippen LogP contribution is 2.73. The summed E-state index contributed by atoms with van der Waals surface area (Å²) in [5.41, 5.74) is 0.657. The van der Waals surface area contributed by atoms with Crippen LogP contribution < -0.4 is 0 Å². The van der Waals surface area contributed by atoms with Crippen LogP contribution in [0.4, 0.5) is 0 Å². The van der Waals surface area contributed by atoms with Gasteiger partial charge in [0.1, 0.15) is 5.78 Å². The maximum atomic E-state index is 12.1. The van der Waals surface area contributed by atoms with Crippen molar-refractivity contribution >= 4 is 5.78 Å². The lowest BCUT2D eigenvalue weighted by Gasteiger charge is -2.47. The van der Waals surface area contributed by atoms with E-state index >= 15 is 0 Å². The van der Waals surface area contributed by atoms with Gasteiger partial charge in [-0.05, 0) is 35.0 Å². The highest BCUT2D eigenvalue weighted by atomic mass is 16.1. The molecule has 88 valence electrons. The van der Waals surface area contributed by atoms with Gasteiger partial charge in [-0.25, -0.2) is 0 Å². The first-order valence-electron chi connectivity index (χ1n) is 6.61. The molecule has 0 saturated heterocycles. The molecule has 3 rings (SSSR count). The van der Waals surface area contributed by atoms with E-state index in [9.17, 15) is 4.79 Å². The number of allylic oxidation sites excluding steroid dienone is 2. The molecule has 1 heteroatoms. The van der Waals surface area contributed by atoms with Crippen LogP contribution in [-0.2, 0) is 4.79 Å². The SMILES string of the molecule is C[C@@H]1CCC(=O)[C@@H]2C=C[C@@H]3[C@@H](C3(C)C)[C@@]12C. The fraction of sp³-hybridized carbons (Fsp3) is 0.800. The molecule has 0 aromatic rings. The van der Waals surface area contributed by atoms with Crippen LogP contribution in [0.15, 0.2) is 12.2 Å². The lowest BCUT2D eigenvalue weighted by molar-refractivity contribution is -0.132. The summed E-state index contributed by atoms with van der Waals surface area (Å²) in [5, 5.41) is 0. The summed E-state index contributed by atoms with van der Waals surface area (Å²) in [5.74, 6) is 2.84. The molecule has 0 spiro atoms. The van der Waals surface area contributed by atoms with E-state index in [0.29, 0.717) is 17.1 Å². The largest absolute Gasteiger partial charge is 0.299 e. The van der Waals surface area contributed by atoms with E-state index in [1.165, 1.54) is 0 Å². The Bertz CT molecular complexity index is 379. The van der Waals surface area contributed by atoms with Crippen molar-refractivity contribution in [1.29, 1.82) is 0 Å². The second kappa shape index (κ2) is 2.80. The number of carbonyl (C=O) groups excluding carboxylic acids is 1. The van der Waals surface area contributed by atoms with Gasteiger partial charge in [-0.1, -0.05) is 39.8 Å². The minimum Gasteiger partial charge on any atom is -0.299 e. The highest BCUT2D eigenvalue weighted by molar-refractivity contribution is 5.85. The van der Waals surface area contributed by atoms with E-state index in [1.54, 1.807) is 0 Å². The first-order chi connectivity index (χ1) is 7.40. The number of ketones is 1. The molecule has 0 unspecified atom stereocenters. The summed E-state index contributed by atoms with van der Waals surface area (Å²) in [6, 6.07) is 0. The third kappa shape index (κ3) is 1.00. The highest BCUT2D eigenvalue weighted by Gasteiger charge is 2.69. The Morgan fingerprint density at radius 3 is 2.62 bits per heavy atom. The standard InChI is InChI=1S/C15H22O/c1-9-5-8-12(16)10-6-7-11-13(14(11,2)3)15(9,10)4/h6-7,9-11,13H,5,8H2,1-4H3/t9-,10+,11-,13+,15+/m1/s1. The van der Waals surface area contributed by atoms with Crippen molar-refractivity contribution in [2.24, 2.45) is 34.5 Å². The van der Waals surface area contributed by atoms with Crippen molar-refractivity contribution < 1.29 is 4.79 Å². The summed E-state index contributed by atoms with van der Waals surface area (Å²) in [6.45, 7) is 9.46. The van der Waals surface area contributed by atoms with E-state index in [0.717, 1.165) is 24.7 Å². The average molecular weight is 218 g/mol. The molecule has 1 nitrogen and oxygen atoms in total. The molecule has 0 N–H and O–H groups in total. The van der Waals surface area contributed by atoms with E-state index in [4.69, 9.17) is 0 Å². The molecular formula is C15H22O. The van der Waals surface area contributed by atoms with E-state index in [-0.39, 0.29) is 11.3 Å². The number of rotatable bonds is 0. The van der Waals surface area contributed by atoms with Crippen molar-refractivity contribution in [2.75, 3.05) is 0 Å². The van der Waals surface area contributed by atoms with Crippen molar-refractivity contribution in [3.63, 3.8) is 0 Å². The Kier molecular flexibility index (Phi) is 1.85. The molecule has 3 aliphatic rings. The zero-order valence-electron chi connectivity index (χ0n) is 10.8. The van der Waals surface area contributed by atoms with Crippen LogP contribution in [0.25, 0.3) is 0 Å². The molecule has 16 heavy (non-hydrogen) atoms. The van der Waals surface area contributed by atoms with Gasteiger partial charge < -0.3 is 0 Å². The predicted molar refractivity (Wildman–Crippen MR) is 64.9 cm³/mol. The number of Topliss-reactive ketones (excluding diaryl/α,β-unsaturated/α-hetero) is 1. The molecule has 3 aliphatic carbocycles. The lowest BCUT2D eigenvalue weighted by Crippen LogP contribution is -2.45. The molecule has 0 aromatic carbocycles. The fourth-order valence-corrected chi connectivity index (χ4v) is 4.75. The Morgan fingerprint density at radius 1 is 1.25 bits per heavy atom. The summed E-state index contributed by atoms with van der Waals surface area (Å²) >= 11 is 0. The first-order valence-corrected chi connectivity index (χ1v) is 6.61. The third-order valence-corrected chi connectivity index (χ3v) is 5.99. The molecule has 2 saturated carbocycles. The van der Waals surface area contributed by atoms with Gasteiger partial charge in [0.15, 0.2) is 0 Å². The zero-order chi connectivity index (χ0) is 11.7. The smallest absolute Gasteiger partial charge is 0.140 e. The molecule has 2 fully saturated rings. The second-order valence-electron chi connectivity index (χ2n) is 6.96. The first kappa shape index (κ1) is 10.6. The van der Waals surface area contributed by atoms with Gasteiger partial charge in [-0.3, -0.25) is 4.79 Å². The molecule has 0 bridgehead atoms. The van der Waals surface area contributed by atoms with Gasteiger partial charge in [-0.15, -0.1) is 0 Å².